The summed E-state index contributed by atoms with van der Waals surface area (Å²) in [6, 6.07) is 9.46. The maximum atomic E-state index is 9.74. The Hall–Kier alpha value is -0.980. The monoisotopic (exact) mass is 254 g/mol. The van der Waals surface area contributed by atoms with Crippen LogP contribution < -0.4 is 0 Å². The summed E-state index contributed by atoms with van der Waals surface area (Å²) in [5.41, 5.74) is 0.946. The largest absolute Gasteiger partial charge is 0.388 e. The Bertz CT molecular complexity index is 369. The fourth-order valence-electron chi connectivity index (χ4n) is 1.90. The molecule has 0 saturated carbocycles. The summed E-state index contributed by atoms with van der Waals surface area (Å²) in [4.78, 5) is 0. The van der Waals surface area contributed by atoms with Gasteiger partial charge in [-0.15, -0.1) is 0 Å². The fourth-order valence-corrected chi connectivity index (χ4v) is 1.90. The zero-order valence-corrected chi connectivity index (χ0v) is 10.1. The molecule has 5 nitrogen and oxygen atoms in total. The van der Waals surface area contributed by atoms with Gasteiger partial charge in [0.15, 0.2) is 6.29 Å². The molecule has 0 radical (unpaired) electrons. The van der Waals surface area contributed by atoms with E-state index in [1.54, 1.807) is 6.92 Å². The van der Waals surface area contributed by atoms with Gasteiger partial charge in [-0.1, -0.05) is 30.3 Å². The molecular formula is C13H18O5. The Morgan fingerprint density at radius 3 is 2.39 bits per heavy atom. The minimum Gasteiger partial charge on any atom is -0.388 e. The number of benzene rings is 1. The van der Waals surface area contributed by atoms with Gasteiger partial charge >= 0.3 is 0 Å². The van der Waals surface area contributed by atoms with Gasteiger partial charge in [0.1, 0.15) is 18.3 Å². The molecule has 1 aliphatic rings. The summed E-state index contributed by atoms with van der Waals surface area (Å²) in [5.74, 6) is 0. The molecule has 0 bridgehead atoms. The summed E-state index contributed by atoms with van der Waals surface area (Å²) in [6.07, 6.45) is -5.12. The highest BCUT2D eigenvalue weighted by Gasteiger charge is 2.42. The Morgan fingerprint density at radius 2 is 1.72 bits per heavy atom. The smallest absolute Gasteiger partial charge is 0.186 e. The molecule has 1 heterocycles. The van der Waals surface area contributed by atoms with Crippen molar-refractivity contribution in [3.63, 3.8) is 0 Å². The lowest BCUT2D eigenvalue weighted by Crippen LogP contribution is -2.57. The second-order valence-corrected chi connectivity index (χ2v) is 4.48. The van der Waals surface area contributed by atoms with E-state index >= 15 is 0 Å². The predicted molar refractivity (Wildman–Crippen MR) is 63.6 cm³/mol. The maximum absolute atomic E-state index is 9.74. The average molecular weight is 254 g/mol. The van der Waals surface area contributed by atoms with Gasteiger partial charge in [-0.3, -0.25) is 0 Å². The summed E-state index contributed by atoms with van der Waals surface area (Å²) >= 11 is 0. The molecule has 3 N–H and O–H groups in total. The van der Waals surface area contributed by atoms with Gasteiger partial charge in [0.25, 0.3) is 0 Å². The Morgan fingerprint density at radius 1 is 1.06 bits per heavy atom. The normalized spacial score (nSPS) is 36.6. The van der Waals surface area contributed by atoms with Crippen molar-refractivity contribution in [3.05, 3.63) is 35.9 Å². The molecule has 0 amide bonds. The SMILES string of the molecule is CC1OC(OCc2ccccc2)C(O)C(O)C1O. The molecule has 1 aromatic rings. The number of aliphatic hydroxyl groups is 3. The van der Waals surface area contributed by atoms with Gasteiger partial charge in [0, 0.05) is 0 Å². The molecule has 5 atom stereocenters. The Balaban J connectivity index is 1.93. The highest BCUT2D eigenvalue weighted by molar-refractivity contribution is 5.13. The minimum absolute atomic E-state index is 0.276. The summed E-state index contributed by atoms with van der Waals surface area (Å²) < 4.78 is 10.7. The van der Waals surface area contributed by atoms with E-state index in [9.17, 15) is 15.3 Å². The van der Waals surface area contributed by atoms with Crippen LogP contribution in [-0.2, 0) is 16.1 Å². The molecule has 1 saturated heterocycles. The quantitative estimate of drug-likeness (QED) is 0.709. The average Bonchev–Trinajstić information content (AvgIpc) is 2.40. The first-order valence-corrected chi connectivity index (χ1v) is 5.95. The van der Waals surface area contributed by atoms with E-state index in [2.05, 4.69) is 0 Å². The fraction of sp³-hybridized carbons (Fsp3) is 0.538. The van der Waals surface area contributed by atoms with Crippen LogP contribution in [0.25, 0.3) is 0 Å². The number of rotatable bonds is 3. The Labute approximate surface area is 106 Å². The molecule has 2 rings (SSSR count). The van der Waals surface area contributed by atoms with Crippen LogP contribution in [0.1, 0.15) is 12.5 Å². The lowest BCUT2D eigenvalue weighted by atomic mass is 10.00. The van der Waals surface area contributed by atoms with Gasteiger partial charge in [-0.2, -0.15) is 0 Å². The van der Waals surface area contributed by atoms with Gasteiger partial charge in [0.05, 0.1) is 12.7 Å². The first kappa shape index (κ1) is 13.5. The predicted octanol–water partition coefficient (Wildman–Crippen LogP) is 0.0307. The molecule has 5 heteroatoms. The van der Waals surface area contributed by atoms with Crippen LogP contribution in [0.15, 0.2) is 30.3 Å². The van der Waals surface area contributed by atoms with Crippen molar-refractivity contribution in [1.29, 1.82) is 0 Å². The molecule has 0 aromatic heterocycles. The van der Waals surface area contributed by atoms with Crippen molar-refractivity contribution in [2.45, 2.75) is 44.2 Å². The zero-order chi connectivity index (χ0) is 13.1. The van der Waals surface area contributed by atoms with Crippen LogP contribution >= 0.6 is 0 Å². The molecule has 1 aliphatic heterocycles. The second-order valence-electron chi connectivity index (χ2n) is 4.48. The first-order chi connectivity index (χ1) is 8.59. The van der Waals surface area contributed by atoms with Crippen molar-refractivity contribution in [2.24, 2.45) is 0 Å². The van der Waals surface area contributed by atoms with E-state index < -0.39 is 30.7 Å². The van der Waals surface area contributed by atoms with E-state index in [0.29, 0.717) is 0 Å². The van der Waals surface area contributed by atoms with Crippen LogP contribution in [0.4, 0.5) is 0 Å². The minimum atomic E-state index is -1.26. The summed E-state index contributed by atoms with van der Waals surface area (Å²) in [5, 5.41) is 28.9. The van der Waals surface area contributed by atoms with E-state index in [0.717, 1.165) is 5.56 Å². The van der Waals surface area contributed by atoms with Crippen LogP contribution in [-0.4, -0.2) is 46.0 Å². The van der Waals surface area contributed by atoms with Crippen LogP contribution in [0.5, 0.6) is 0 Å². The molecule has 1 fully saturated rings. The first-order valence-electron chi connectivity index (χ1n) is 5.95. The van der Waals surface area contributed by atoms with Crippen LogP contribution in [0, 0.1) is 0 Å². The maximum Gasteiger partial charge on any atom is 0.186 e. The molecule has 100 valence electrons. The molecule has 0 spiro atoms. The van der Waals surface area contributed by atoms with E-state index in [4.69, 9.17) is 9.47 Å². The summed E-state index contributed by atoms with van der Waals surface area (Å²) in [7, 11) is 0. The highest BCUT2D eigenvalue weighted by atomic mass is 16.7. The van der Waals surface area contributed by atoms with Gasteiger partial charge < -0.3 is 24.8 Å². The van der Waals surface area contributed by atoms with Gasteiger partial charge in [-0.05, 0) is 12.5 Å². The van der Waals surface area contributed by atoms with Crippen molar-refractivity contribution < 1.29 is 24.8 Å². The van der Waals surface area contributed by atoms with E-state index in [1.165, 1.54) is 0 Å². The van der Waals surface area contributed by atoms with E-state index in [1.807, 2.05) is 30.3 Å². The standard InChI is InChI=1S/C13H18O5/c1-8-10(14)11(15)12(16)13(18-8)17-7-9-5-3-2-4-6-9/h2-6,8,10-16H,7H2,1H3. The molecular weight excluding hydrogens is 236 g/mol. The Kier molecular flexibility index (Phi) is 4.31. The molecule has 0 aliphatic carbocycles. The van der Waals surface area contributed by atoms with Crippen molar-refractivity contribution >= 4 is 0 Å². The third kappa shape index (κ3) is 2.88. The number of hydrogen-bond donors (Lipinski definition) is 3. The van der Waals surface area contributed by atoms with Crippen molar-refractivity contribution in [3.8, 4) is 0 Å². The number of aliphatic hydroxyl groups excluding tert-OH is 3. The van der Waals surface area contributed by atoms with Crippen molar-refractivity contribution in [2.75, 3.05) is 0 Å². The zero-order valence-electron chi connectivity index (χ0n) is 10.1. The molecule has 18 heavy (non-hydrogen) atoms. The van der Waals surface area contributed by atoms with Crippen LogP contribution in [0.2, 0.25) is 0 Å². The topological polar surface area (TPSA) is 79.2 Å². The molecule has 1 aromatic carbocycles. The van der Waals surface area contributed by atoms with Gasteiger partial charge in [0.2, 0.25) is 0 Å². The summed E-state index contributed by atoms with van der Waals surface area (Å²) in [6.45, 7) is 1.90. The number of ether oxygens (including phenoxy) is 2. The van der Waals surface area contributed by atoms with E-state index in [-0.39, 0.29) is 6.61 Å². The third-order valence-corrected chi connectivity index (χ3v) is 3.07. The van der Waals surface area contributed by atoms with Crippen LogP contribution in [0.3, 0.4) is 0 Å². The van der Waals surface area contributed by atoms with Gasteiger partial charge in [-0.25, -0.2) is 0 Å². The number of hydrogen-bond acceptors (Lipinski definition) is 5. The lowest BCUT2D eigenvalue weighted by molar-refractivity contribution is -0.296. The highest BCUT2D eigenvalue weighted by Crippen LogP contribution is 2.22. The third-order valence-electron chi connectivity index (χ3n) is 3.07. The lowest BCUT2D eigenvalue weighted by Gasteiger charge is -2.38. The molecule has 5 unspecified atom stereocenters. The second kappa shape index (κ2) is 5.77. The van der Waals surface area contributed by atoms with Crippen molar-refractivity contribution in [1.82, 2.24) is 0 Å².